The first-order valence-corrected chi connectivity index (χ1v) is 3.99. The number of hydrogen-bond donors (Lipinski definition) is 1. The van der Waals surface area contributed by atoms with Gasteiger partial charge in [0.25, 0.3) is 0 Å². The minimum atomic E-state index is -0.670. The topological polar surface area (TPSA) is 37.3 Å². The van der Waals surface area contributed by atoms with E-state index in [0.717, 1.165) is 12.8 Å². The maximum absolute atomic E-state index is 10.0. The molecule has 0 fully saturated rings. The van der Waals surface area contributed by atoms with Gasteiger partial charge in [-0.2, -0.15) is 0 Å². The Morgan fingerprint density at radius 2 is 1.73 bits per heavy atom. The van der Waals surface area contributed by atoms with Crippen molar-refractivity contribution in [3.8, 4) is 0 Å². The predicted octanol–water partition coefficient (Wildman–Crippen LogP) is 2.85. The minimum Gasteiger partial charge on any atom is -0.481 e. The number of hydrogen-bond acceptors (Lipinski definition) is 1. The molecule has 0 aromatic carbocycles. The molecule has 3 heteroatoms. The monoisotopic (exact) mass is 180 g/mol. The van der Waals surface area contributed by atoms with Crippen LogP contribution in [0.5, 0.6) is 0 Å². The lowest BCUT2D eigenvalue weighted by Gasteiger charge is -1.95. The van der Waals surface area contributed by atoms with Gasteiger partial charge in [-0.15, -0.1) is 12.4 Å². The van der Waals surface area contributed by atoms with Crippen molar-refractivity contribution in [2.45, 2.75) is 45.4 Å². The van der Waals surface area contributed by atoms with E-state index in [1.165, 1.54) is 19.3 Å². The van der Waals surface area contributed by atoms with E-state index in [0.29, 0.717) is 6.42 Å². The van der Waals surface area contributed by atoms with E-state index >= 15 is 0 Å². The maximum Gasteiger partial charge on any atom is 0.303 e. The fraction of sp³-hybridized carbons (Fsp3) is 0.875. The van der Waals surface area contributed by atoms with Crippen molar-refractivity contribution in [3.05, 3.63) is 0 Å². The van der Waals surface area contributed by atoms with Crippen molar-refractivity contribution in [2.75, 3.05) is 0 Å². The Morgan fingerprint density at radius 1 is 1.18 bits per heavy atom. The lowest BCUT2D eigenvalue weighted by molar-refractivity contribution is -0.137. The van der Waals surface area contributed by atoms with E-state index in [2.05, 4.69) is 6.92 Å². The first-order valence-electron chi connectivity index (χ1n) is 3.99. The highest BCUT2D eigenvalue weighted by atomic mass is 35.5. The zero-order valence-corrected chi connectivity index (χ0v) is 7.82. The second-order valence-corrected chi connectivity index (χ2v) is 2.56. The molecule has 0 heterocycles. The van der Waals surface area contributed by atoms with Gasteiger partial charge >= 0.3 is 5.97 Å². The molecule has 0 spiro atoms. The Morgan fingerprint density at radius 3 is 2.18 bits per heavy atom. The molecule has 0 aliphatic heterocycles. The van der Waals surface area contributed by atoms with Gasteiger partial charge in [-0.25, -0.2) is 0 Å². The summed E-state index contributed by atoms with van der Waals surface area (Å²) in [5.41, 5.74) is 0. The van der Waals surface area contributed by atoms with Crippen LogP contribution in [0.4, 0.5) is 0 Å². The Kier molecular flexibility index (Phi) is 11.9. The normalized spacial score (nSPS) is 8.82. The zero-order valence-electron chi connectivity index (χ0n) is 7.01. The van der Waals surface area contributed by atoms with Gasteiger partial charge in [0.2, 0.25) is 0 Å². The van der Waals surface area contributed by atoms with E-state index in [1.807, 2.05) is 0 Å². The molecule has 0 bridgehead atoms. The molecule has 0 unspecified atom stereocenters. The summed E-state index contributed by atoms with van der Waals surface area (Å²) in [7, 11) is 0. The maximum atomic E-state index is 10.0. The van der Waals surface area contributed by atoms with E-state index in [9.17, 15) is 4.79 Å². The van der Waals surface area contributed by atoms with Crippen LogP contribution in [0.3, 0.4) is 0 Å². The summed E-state index contributed by atoms with van der Waals surface area (Å²) in [5.74, 6) is -0.670. The summed E-state index contributed by atoms with van der Waals surface area (Å²) in [6, 6.07) is 0. The Labute approximate surface area is 74.4 Å². The smallest absolute Gasteiger partial charge is 0.303 e. The van der Waals surface area contributed by atoms with Crippen molar-refractivity contribution >= 4 is 18.4 Å². The number of unbranched alkanes of at least 4 members (excludes halogenated alkanes) is 4. The van der Waals surface area contributed by atoms with Crippen molar-refractivity contribution in [1.82, 2.24) is 0 Å². The van der Waals surface area contributed by atoms with Crippen molar-refractivity contribution in [3.63, 3.8) is 0 Å². The van der Waals surface area contributed by atoms with Crippen LogP contribution in [-0.4, -0.2) is 11.1 Å². The van der Waals surface area contributed by atoms with Crippen molar-refractivity contribution in [2.24, 2.45) is 0 Å². The third kappa shape index (κ3) is 12.9. The van der Waals surface area contributed by atoms with Crippen molar-refractivity contribution in [1.29, 1.82) is 0 Å². The van der Waals surface area contributed by atoms with E-state index in [1.54, 1.807) is 0 Å². The van der Waals surface area contributed by atoms with Crippen LogP contribution in [0.25, 0.3) is 0 Å². The summed E-state index contributed by atoms with van der Waals surface area (Å²) in [6.45, 7) is 2.15. The second kappa shape index (κ2) is 9.76. The molecule has 0 rings (SSSR count). The molecule has 0 aliphatic rings. The van der Waals surface area contributed by atoms with Gasteiger partial charge in [0.05, 0.1) is 0 Å². The van der Waals surface area contributed by atoms with Crippen LogP contribution in [0, 0.1) is 0 Å². The average molecular weight is 181 g/mol. The van der Waals surface area contributed by atoms with E-state index < -0.39 is 5.97 Å². The van der Waals surface area contributed by atoms with Crippen LogP contribution < -0.4 is 0 Å². The highest BCUT2D eigenvalue weighted by molar-refractivity contribution is 5.85. The third-order valence-electron chi connectivity index (χ3n) is 1.49. The van der Waals surface area contributed by atoms with Crippen LogP contribution in [0.2, 0.25) is 0 Å². The van der Waals surface area contributed by atoms with Crippen molar-refractivity contribution < 1.29 is 9.90 Å². The Bertz CT molecular complexity index is 94.1. The number of halogens is 1. The summed E-state index contributed by atoms with van der Waals surface area (Å²) in [6.07, 6.45) is 5.88. The van der Waals surface area contributed by atoms with E-state index in [-0.39, 0.29) is 12.4 Å². The number of carboxylic acids is 1. The van der Waals surface area contributed by atoms with Crippen LogP contribution >= 0.6 is 12.4 Å². The highest BCUT2D eigenvalue weighted by Crippen LogP contribution is 2.04. The van der Waals surface area contributed by atoms with Gasteiger partial charge in [0.15, 0.2) is 0 Å². The fourth-order valence-electron chi connectivity index (χ4n) is 0.880. The Hall–Kier alpha value is -0.240. The molecule has 0 atom stereocenters. The van der Waals surface area contributed by atoms with Crippen LogP contribution in [-0.2, 0) is 4.79 Å². The SMILES string of the molecule is CCCCCCCC(=O)O.Cl. The first-order chi connectivity index (χ1) is 4.77. The number of aliphatic carboxylic acids is 1. The molecule has 0 radical (unpaired) electrons. The standard InChI is InChI=1S/C8H16O2.ClH/c1-2-3-4-5-6-7-8(9)10;/h2-7H2,1H3,(H,9,10);1H. The molecule has 2 nitrogen and oxygen atoms in total. The number of carbonyl (C=O) groups is 1. The number of carboxylic acid groups (broad SMARTS) is 1. The quantitative estimate of drug-likeness (QED) is 0.639. The average Bonchev–Trinajstić information content (AvgIpc) is 1.87. The zero-order chi connectivity index (χ0) is 7.82. The summed E-state index contributed by atoms with van der Waals surface area (Å²) < 4.78 is 0. The number of rotatable bonds is 6. The summed E-state index contributed by atoms with van der Waals surface area (Å²) in [4.78, 5) is 10.0. The molecule has 11 heavy (non-hydrogen) atoms. The molecule has 0 aliphatic carbocycles. The second-order valence-electron chi connectivity index (χ2n) is 2.56. The van der Waals surface area contributed by atoms with Gasteiger partial charge in [0.1, 0.15) is 0 Å². The predicted molar refractivity (Wildman–Crippen MR) is 48.3 cm³/mol. The largest absolute Gasteiger partial charge is 0.481 e. The Balaban J connectivity index is 0. The fourth-order valence-corrected chi connectivity index (χ4v) is 0.880. The molecular formula is C8H17ClO2. The van der Waals surface area contributed by atoms with Gasteiger partial charge in [-0.05, 0) is 6.42 Å². The first kappa shape index (κ1) is 13.4. The summed E-state index contributed by atoms with van der Waals surface area (Å²) in [5, 5.41) is 8.27. The van der Waals surface area contributed by atoms with Gasteiger partial charge in [-0.1, -0.05) is 32.6 Å². The van der Waals surface area contributed by atoms with Crippen LogP contribution in [0.15, 0.2) is 0 Å². The van der Waals surface area contributed by atoms with E-state index in [4.69, 9.17) is 5.11 Å². The molecule has 0 saturated heterocycles. The molecule has 0 saturated carbocycles. The summed E-state index contributed by atoms with van der Waals surface area (Å²) >= 11 is 0. The lowest BCUT2D eigenvalue weighted by atomic mass is 10.1. The molecule has 0 aromatic rings. The van der Waals surface area contributed by atoms with Gasteiger partial charge < -0.3 is 5.11 Å². The molecule has 68 valence electrons. The molecular weight excluding hydrogens is 164 g/mol. The molecule has 1 N–H and O–H groups in total. The lowest BCUT2D eigenvalue weighted by Crippen LogP contribution is -1.93. The minimum absolute atomic E-state index is 0. The third-order valence-corrected chi connectivity index (χ3v) is 1.49. The van der Waals surface area contributed by atoms with Gasteiger partial charge in [-0.3, -0.25) is 4.79 Å². The van der Waals surface area contributed by atoms with Gasteiger partial charge in [0, 0.05) is 6.42 Å². The van der Waals surface area contributed by atoms with Crippen LogP contribution in [0.1, 0.15) is 45.4 Å². The molecule has 0 amide bonds. The molecule has 0 aromatic heterocycles. The highest BCUT2D eigenvalue weighted by Gasteiger charge is 1.94.